The Morgan fingerprint density at radius 3 is 2.43 bits per heavy atom. The summed E-state index contributed by atoms with van der Waals surface area (Å²) >= 11 is 6.10. The van der Waals surface area contributed by atoms with Crippen LogP contribution in [0.15, 0.2) is 30.3 Å². The Kier molecular flexibility index (Phi) is 5.34. The van der Waals surface area contributed by atoms with Crippen LogP contribution in [0.25, 0.3) is 0 Å². The van der Waals surface area contributed by atoms with Crippen molar-refractivity contribution < 1.29 is 14.3 Å². The third-order valence-electron chi connectivity index (χ3n) is 3.29. The minimum atomic E-state index is -0.278. The van der Waals surface area contributed by atoms with Crippen molar-refractivity contribution in [2.45, 2.75) is 13.8 Å². The number of ether oxygens (including phenoxy) is 2. The van der Waals surface area contributed by atoms with Crippen molar-refractivity contribution in [1.29, 1.82) is 0 Å². The van der Waals surface area contributed by atoms with Crippen LogP contribution in [0.5, 0.6) is 11.5 Å². The van der Waals surface area contributed by atoms with Gasteiger partial charge in [0.2, 0.25) is 0 Å². The molecule has 3 N–H and O–H groups in total. The minimum absolute atomic E-state index is 0.105. The second kappa shape index (κ2) is 7.24. The number of carbonyl (C=O) groups excluding carboxylic acids is 1. The number of methoxy groups -OCH3 is 1. The molecule has 2 rings (SSSR count). The van der Waals surface area contributed by atoms with Crippen molar-refractivity contribution in [3.05, 3.63) is 46.5 Å². The molecule has 5 nitrogen and oxygen atoms in total. The number of rotatable bonds is 5. The number of benzene rings is 2. The van der Waals surface area contributed by atoms with Gasteiger partial charge < -0.3 is 20.5 Å². The van der Waals surface area contributed by atoms with Gasteiger partial charge in [-0.15, -0.1) is 0 Å². The maximum atomic E-state index is 12.0. The molecule has 6 heteroatoms. The van der Waals surface area contributed by atoms with Crippen LogP contribution in [-0.2, 0) is 4.79 Å². The SMILES string of the molecule is COc1ccc(NC(=O)COc2cc(C)c(Cl)c(C)c2)cc1N. The van der Waals surface area contributed by atoms with Crippen LogP contribution >= 0.6 is 11.6 Å². The van der Waals surface area contributed by atoms with Crippen LogP contribution in [0.1, 0.15) is 11.1 Å². The zero-order valence-corrected chi connectivity index (χ0v) is 14.0. The Bertz CT molecular complexity index is 709. The predicted molar refractivity (Wildman–Crippen MR) is 92.5 cm³/mol. The Morgan fingerprint density at radius 2 is 1.87 bits per heavy atom. The number of amides is 1. The fraction of sp³-hybridized carbons (Fsp3) is 0.235. The van der Waals surface area contributed by atoms with Gasteiger partial charge in [0.25, 0.3) is 5.91 Å². The van der Waals surface area contributed by atoms with Gasteiger partial charge in [-0.1, -0.05) is 11.6 Å². The average Bonchev–Trinajstić information content (AvgIpc) is 2.50. The molecule has 0 aromatic heterocycles. The first-order valence-electron chi connectivity index (χ1n) is 7.03. The van der Waals surface area contributed by atoms with Crippen LogP contribution in [0.3, 0.4) is 0 Å². The first-order chi connectivity index (χ1) is 10.9. The molecule has 0 aliphatic carbocycles. The second-order valence-electron chi connectivity index (χ2n) is 5.16. The molecule has 0 spiro atoms. The van der Waals surface area contributed by atoms with Crippen LogP contribution in [0.4, 0.5) is 11.4 Å². The molecular weight excluding hydrogens is 316 g/mol. The molecule has 0 saturated carbocycles. The van der Waals surface area contributed by atoms with Crippen LogP contribution in [0, 0.1) is 13.8 Å². The highest BCUT2D eigenvalue weighted by Gasteiger charge is 2.08. The largest absolute Gasteiger partial charge is 0.495 e. The van der Waals surface area contributed by atoms with Gasteiger partial charge in [-0.25, -0.2) is 0 Å². The average molecular weight is 335 g/mol. The molecule has 1 amide bonds. The summed E-state index contributed by atoms with van der Waals surface area (Å²) in [7, 11) is 1.54. The van der Waals surface area contributed by atoms with Gasteiger partial charge in [0.15, 0.2) is 6.61 Å². The van der Waals surface area contributed by atoms with E-state index < -0.39 is 0 Å². The van der Waals surface area contributed by atoms with Crippen molar-refractivity contribution >= 4 is 28.9 Å². The lowest BCUT2D eigenvalue weighted by Crippen LogP contribution is -2.20. The summed E-state index contributed by atoms with van der Waals surface area (Å²) in [5.41, 5.74) is 8.65. The lowest BCUT2D eigenvalue weighted by molar-refractivity contribution is -0.118. The Hall–Kier alpha value is -2.40. The van der Waals surface area contributed by atoms with Crippen molar-refractivity contribution in [2.24, 2.45) is 0 Å². The minimum Gasteiger partial charge on any atom is -0.495 e. The molecular formula is C17H19ClN2O3. The fourth-order valence-corrected chi connectivity index (χ4v) is 2.26. The highest BCUT2D eigenvalue weighted by molar-refractivity contribution is 6.32. The summed E-state index contributed by atoms with van der Waals surface area (Å²) in [4.78, 5) is 12.0. The van der Waals surface area contributed by atoms with E-state index in [4.69, 9.17) is 26.8 Å². The van der Waals surface area contributed by atoms with Gasteiger partial charge in [-0.3, -0.25) is 4.79 Å². The number of aryl methyl sites for hydroxylation is 2. The van der Waals surface area contributed by atoms with E-state index in [1.807, 2.05) is 13.8 Å². The number of carbonyl (C=O) groups is 1. The molecule has 0 aliphatic rings. The van der Waals surface area contributed by atoms with Crippen molar-refractivity contribution in [3.8, 4) is 11.5 Å². The normalized spacial score (nSPS) is 10.3. The first kappa shape index (κ1) is 17.0. The lowest BCUT2D eigenvalue weighted by Gasteiger charge is -2.11. The first-order valence-corrected chi connectivity index (χ1v) is 7.41. The lowest BCUT2D eigenvalue weighted by atomic mass is 10.1. The highest BCUT2D eigenvalue weighted by atomic mass is 35.5. The quantitative estimate of drug-likeness (QED) is 0.820. The molecule has 2 aromatic carbocycles. The molecule has 0 fully saturated rings. The number of nitrogen functional groups attached to an aromatic ring is 1. The summed E-state index contributed by atoms with van der Waals surface area (Å²) in [6.07, 6.45) is 0. The van der Waals surface area contributed by atoms with E-state index >= 15 is 0 Å². The van der Waals surface area contributed by atoms with Crippen molar-refractivity contribution in [1.82, 2.24) is 0 Å². The molecule has 0 radical (unpaired) electrons. The van der Waals surface area contributed by atoms with E-state index in [2.05, 4.69) is 5.32 Å². The van der Waals surface area contributed by atoms with Gasteiger partial charge in [0.05, 0.1) is 12.8 Å². The third kappa shape index (κ3) is 4.29. The van der Waals surface area contributed by atoms with E-state index in [-0.39, 0.29) is 12.5 Å². The van der Waals surface area contributed by atoms with E-state index in [9.17, 15) is 4.79 Å². The molecule has 0 aliphatic heterocycles. The van der Waals surface area contributed by atoms with Gasteiger partial charge in [-0.2, -0.15) is 0 Å². The standard InChI is InChI=1S/C17H19ClN2O3/c1-10-6-13(7-11(2)17(10)18)23-9-16(21)20-12-4-5-15(22-3)14(19)8-12/h4-8H,9,19H2,1-3H3,(H,20,21). The third-order valence-corrected chi connectivity index (χ3v) is 3.89. The van der Waals surface area contributed by atoms with E-state index in [1.54, 1.807) is 30.3 Å². The van der Waals surface area contributed by atoms with Gasteiger partial charge in [-0.05, 0) is 55.3 Å². The van der Waals surface area contributed by atoms with Crippen LogP contribution in [-0.4, -0.2) is 19.6 Å². The Balaban J connectivity index is 1.96. The highest BCUT2D eigenvalue weighted by Crippen LogP contribution is 2.26. The number of nitrogens with one attached hydrogen (secondary N) is 1. The number of hydrogen-bond acceptors (Lipinski definition) is 4. The molecule has 0 saturated heterocycles. The summed E-state index contributed by atoms with van der Waals surface area (Å²) in [6, 6.07) is 8.64. The molecule has 0 heterocycles. The summed E-state index contributed by atoms with van der Waals surface area (Å²) < 4.78 is 10.6. The summed E-state index contributed by atoms with van der Waals surface area (Å²) in [5, 5.41) is 3.42. The smallest absolute Gasteiger partial charge is 0.262 e. The van der Waals surface area contributed by atoms with Crippen LogP contribution in [0.2, 0.25) is 5.02 Å². The summed E-state index contributed by atoms with van der Waals surface area (Å²) in [5.74, 6) is 0.889. The van der Waals surface area contributed by atoms with Gasteiger partial charge in [0, 0.05) is 10.7 Å². The van der Waals surface area contributed by atoms with Crippen LogP contribution < -0.4 is 20.5 Å². The zero-order valence-electron chi connectivity index (χ0n) is 13.3. The fourth-order valence-electron chi connectivity index (χ4n) is 2.15. The summed E-state index contributed by atoms with van der Waals surface area (Å²) in [6.45, 7) is 3.68. The van der Waals surface area contributed by atoms with Gasteiger partial charge in [0.1, 0.15) is 11.5 Å². The number of anilines is 2. The van der Waals surface area contributed by atoms with Gasteiger partial charge >= 0.3 is 0 Å². The zero-order chi connectivity index (χ0) is 17.0. The maximum absolute atomic E-state index is 12.0. The Labute approximate surface area is 140 Å². The predicted octanol–water partition coefficient (Wildman–Crippen LogP) is 3.57. The molecule has 122 valence electrons. The molecule has 23 heavy (non-hydrogen) atoms. The monoisotopic (exact) mass is 334 g/mol. The maximum Gasteiger partial charge on any atom is 0.262 e. The number of halogens is 1. The number of hydrogen-bond donors (Lipinski definition) is 2. The number of nitrogens with two attached hydrogens (primary N) is 1. The second-order valence-corrected chi connectivity index (χ2v) is 5.54. The topological polar surface area (TPSA) is 73.6 Å². The molecule has 0 bridgehead atoms. The molecule has 2 aromatic rings. The van der Waals surface area contributed by atoms with Crippen molar-refractivity contribution in [2.75, 3.05) is 24.8 Å². The molecule has 0 unspecified atom stereocenters. The van der Waals surface area contributed by atoms with E-state index in [0.717, 1.165) is 11.1 Å². The van der Waals surface area contributed by atoms with E-state index in [0.29, 0.717) is 27.9 Å². The van der Waals surface area contributed by atoms with E-state index in [1.165, 1.54) is 7.11 Å². The molecule has 0 atom stereocenters. The van der Waals surface area contributed by atoms with Crippen molar-refractivity contribution in [3.63, 3.8) is 0 Å². The Morgan fingerprint density at radius 1 is 1.22 bits per heavy atom.